The number of hydrogen-bond acceptors (Lipinski definition) is 5. The van der Waals surface area contributed by atoms with Gasteiger partial charge in [-0.2, -0.15) is 5.10 Å². The standard InChI is InChI=1S/C22H21N3O4/c1-14(17-12-11-16(28-2)13-20(17)29-3)24-25-22(27)21(26)23-19-10-6-8-15-7-4-5-9-18(15)19/h4-13H,1-3H3,(H,23,26)(H,25,27)/b24-14-. The zero-order valence-electron chi connectivity index (χ0n) is 16.4. The minimum absolute atomic E-state index is 0.482. The van der Waals surface area contributed by atoms with Crippen molar-refractivity contribution >= 4 is 34.0 Å². The number of hydrogen-bond donors (Lipinski definition) is 2. The van der Waals surface area contributed by atoms with Crippen molar-refractivity contribution in [3.8, 4) is 11.5 Å². The molecule has 3 rings (SSSR count). The molecule has 0 aliphatic rings. The highest BCUT2D eigenvalue weighted by atomic mass is 16.5. The van der Waals surface area contributed by atoms with E-state index in [9.17, 15) is 9.59 Å². The van der Waals surface area contributed by atoms with Gasteiger partial charge in [0, 0.05) is 22.7 Å². The van der Waals surface area contributed by atoms with Crippen LogP contribution in [0.1, 0.15) is 12.5 Å². The Morgan fingerprint density at radius 3 is 2.41 bits per heavy atom. The van der Waals surface area contributed by atoms with Gasteiger partial charge in [0.2, 0.25) is 0 Å². The summed E-state index contributed by atoms with van der Waals surface area (Å²) in [4.78, 5) is 24.5. The van der Waals surface area contributed by atoms with E-state index in [1.54, 1.807) is 38.3 Å². The molecule has 3 aromatic rings. The van der Waals surface area contributed by atoms with Gasteiger partial charge in [-0.15, -0.1) is 0 Å². The molecule has 29 heavy (non-hydrogen) atoms. The van der Waals surface area contributed by atoms with Gasteiger partial charge in [-0.3, -0.25) is 9.59 Å². The van der Waals surface area contributed by atoms with Crippen LogP contribution in [0.15, 0.2) is 65.8 Å². The van der Waals surface area contributed by atoms with Crippen LogP contribution in [0.3, 0.4) is 0 Å². The molecule has 0 radical (unpaired) electrons. The summed E-state index contributed by atoms with van der Waals surface area (Å²) >= 11 is 0. The van der Waals surface area contributed by atoms with E-state index in [-0.39, 0.29) is 0 Å². The number of nitrogens with one attached hydrogen (secondary N) is 2. The van der Waals surface area contributed by atoms with Crippen molar-refractivity contribution in [3.63, 3.8) is 0 Å². The summed E-state index contributed by atoms with van der Waals surface area (Å²) in [5.41, 5.74) is 3.99. The van der Waals surface area contributed by atoms with Crippen LogP contribution >= 0.6 is 0 Å². The van der Waals surface area contributed by atoms with E-state index < -0.39 is 11.8 Å². The van der Waals surface area contributed by atoms with E-state index in [4.69, 9.17) is 9.47 Å². The molecule has 0 saturated heterocycles. The number of methoxy groups -OCH3 is 2. The van der Waals surface area contributed by atoms with Crippen LogP contribution in [0.4, 0.5) is 5.69 Å². The van der Waals surface area contributed by atoms with E-state index in [2.05, 4.69) is 15.8 Å². The van der Waals surface area contributed by atoms with Crippen LogP contribution in [0, 0.1) is 0 Å². The average Bonchev–Trinajstić information content (AvgIpc) is 2.76. The van der Waals surface area contributed by atoms with Gasteiger partial charge < -0.3 is 14.8 Å². The monoisotopic (exact) mass is 391 g/mol. The molecule has 0 fully saturated rings. The molecule has 0 aliphatic carbocycles. The predicted molar refractivity (Wildman–Crippen MR) is 112 cm³/mol. The van der Waals surface area contributed by atoms with Gasteiger partial charge in [0.05, 0.1) is 19.9 Å². The topological polar surface area (TPSA) is 89.0 Å². The lowest BCUT2D eigenvalue weighted by molar-refractivity contribution is -0.136. The highest BCUT2D eigenvalue weighted by molar-refractivity contribution is 6.40. The third-order valence-electron chi connectivity index (χ3n) is 4.37. The van der Waals surface area contributed by atoms with Crippen molar-refractivity contribution in [2.45, 2.75) is 6.92 Å². The van der Waals surface area contributed by atoms with Crippen LogP contribution < -0.4 is 20.2 Å². The van der Waals surface area contributed by atoms with Crippen LogP contribution in [-0.4, -0.2) is 31.7 Å². The normalized spacial score (nSPS) is 11.1. The number of benzene rings is 3. The number of anilines is 1. The lowest BCUT2D eigenvalue weighted by Crippen LogP contribution is -2.33. The highest BCUT2D eigenvalue weighted by Crippen LogP contribution is 2.25. The largest absolute Gasteiger partial charge is 0.497 e. The molecule has 0 aromatic heterocycles. The Bertz CT molecular complexity index is 1090. The molecule has 7 heteroatoms. The molecule has 3 aromatic carbocycles. The van der Waals surface area contributed by atoms with Crippen molar-refractivity contribution in [3.05, 3.63) is 66.2 Å². The summed E-state index contributed by atoms with van der Waals surface area (Å²) in [7, 11) is 3.09. The SMILES string of the molecule is COc1ccc(/C(C)=N\NC(=O)C(=O)Nc2cccc3ccccc23)c(OC)c1. The Balaban J connectivity index is 1.72. The number of fused-ring (bicyclic) bond motifs is 1. The summed E-state index contributed by atoms with van der Waals surface area (Å²) in [6, 6.07) is 18.3. The van der Waals surface area contributed by atoms with Gasteiger partial charge in [0.1, 0.15) is 11.5 Å². The minimum atomic E-state index is -0.871. The van der Waals surface area contributed by atoms with Crippen LogP contribution in [-0.2, 0) is 9.59 Å². The van der Waals surface area contributed by atoms with Gasteiger partial charge in [-0.05, 0) is 30.5 Å². The maximum absolute atomic E-state index is 12.3. The summed E-state index contributed by atoms with van der Waals surface area (Å²) in [5.74, 6) is -0.499. The third-order valence-corrected chi connectivity index (χ3v) is 4.37. The fourth-order valence-electron chi connectivity index (χ4n) is 2.86. The second-order valence-electron chi connectivity index (χ2n) is 6.19. The smallest absolute Gasteiger partial charge is 0.329 e. The maximum Gasteiger partial charge on any atom is 0.329 e. The second kappa shape index (κ2) is 8.88. The van der Waals surface area contributed by atoms with Crippen LogP contribution in [0.2, 0.25) is 0 Å². The van der Waals surface area contributed by atoms with Crippen molar-refractivity contribution in [2.75, 3.05) is 19.5 Å². The molecule has 0 unspecified atom stereocenters. The number of carbonyl (C=O) groups is 2. The zero-order valence-corrected chi connectivity index (χ0v) is 16.4. The molecule has 2 amide bonds. The fourth-order valence-corrected chi connectivity index (χ4v) is 2.86. The average molecular weight is 391 g/mol. The van der Waals surface area contributed by atoms with E-state index in [1.807, 2.05) is 36.4 Å². The number of carbonyl (C=O) groups excluding carboxylic acids is 2. The molecule has 148 valence electrons. The Hall–Kier alpha value is -3.87. The lowest BCUT2D eigenvalue weighted by atomic mass is 10.1. The van der Waals surface area contributed by atoms with E-state index in [0.717, 1.165) is 10.8 Å². The Morgan fingerprint density at radius 1 is 0.897 bits per heavy atom. The van der Waals surface area contributed by atoms with Crippen molar-refractivity contribution < 1.29 is 19.1 Å². The van der Waals surface area contributed by atoms with E-state index in [0.29, 0.717) is 28.5 Å². The Labute approximate surface area is 168 Å². The Morgan fingerprint density at radius 2 is 1.66 bits per heavy atom. The first kappa shape index (κ1) is 19.9. The number of hydrazone groups is 1. The molecule has 0 saturated carbocycles. The number of amides is 2. The van der Waals surface area contributed by atoms with Crippen molar-refractivity contribution in [1.29, 1.82) is 0 Å². The third kappa shape index (κ3) is 4.52. The molecule has 2 N–H and O–H groups in total. The molecule has 0 aliphatic heterocycles. The fraction of sp³-hybridized carbons (Fsp3) is 0.136. The minimum Gasteiger partial charge on any atom is -0.497 e. The van der Waals surface area contributed by atoms with Crippen LogP contribution in [0.25, 0.3) is 10.8 Å². The zero-order chi connectivity index (χ0) is 20.8. The number of nitrogens with zero attached hydrogens (tertiary/aromatic N) is 1. The number of ether oxygens (including phenoxy) is 2. The van der Waals surface area contributed by atoms with E-state index >= 15 is 0 Å². The molecule has 0 heterocycles. The highest BCUT2D eigenvalue weighted by Gasteiger charge is 2.15. The van der Waals surface area contributed by atoms with Gasteiger partial charge in [-0.1, -0.05) is 36.4 Å². The van der Waals surface area contributed by atoms with Crippen LogP contribution in [0.5, 0.6) is 11.5 Å². The van der Waals surface area contributed by atoms with Crippen molar-refractivity contribution in [1.82, 2.24) is 5.43 Å². The first-order valence-corrected chi connectivity index (χ1v) is 8.89. The molecule has 0 spiro atoms. The summed E-state index contributed by atoms with van der Waals surface area (Å²) in [6.45, 7) is 1.70. The van der Waals surface area contributed by atoms with Gasteiger partial charge >= 0.3 is 11.8 Å². The Kier molecular flexibility index (Phi) is 6.09. The van der Waals surface area contributed by atoms with Gasteiger partial charge in [0.25, 0.3) is 0 Å². The maximum atomic E-state index is 12.3. The second-order valence-corrected chi connectivity index (χ2v) is 6.19. The summed E-state index contributed by atoms with van der Waals surface area (Å²) < 4.78 is 10.5. The predicted octanol–water partition coefficient (Wildman–Crippen LogP) is 3.34. The molecular weight excluding hydrogens is 370 g/mol. The molecule has 0 atom stereocenters. The molecule has 0 bridgehead atoms. The summed E-state index contributed by atoms with van der Waals surface area (Å²) in [6.07, 6.45) is 0. The first-order chi connectivity index (χ1) is 14.0. The summed E-state index contributed by atoms with van der Waals surface area (Å²) in [5, 5.41) is 8.45. The quantitative estimate of drug-likeness (QED) is 0.397. The number of rotatable bonds is 5. The first-order valence-electron chi connectivity index (χ1n) is 8.89. The molecule has 7 nitrogen and oxygen atoms in total. The van der Waals surface area contributed by atoms with Crippen molar-refractivity contribution in [2.24, 2.45) is 5.10 Å². The van der Waals surface area contributed by atoms with Gasteiger partial charge in [0.15, 0.2) is 0 Å². The lowest BCUT2D eigenvalue weighted by Gasteiger charge is -2.10. The molecular formula is C22H21N3O4. The van der Waals surface area contributed by atoms with E-state index in [1.165, 1.54) is 7.11 Å². The van der Waals surface area contributed by atoms with Gasteiger partial charge in [-0.25, -0.2) is 5.43 Å².